The average Bonchev–Trinajstić information content (AvgIpc) is 2.78. The number of hydrogen-bond donors (Lipinski definition) is 1. The highest BCUT2D eigenvalue weighted by atomic mass is 35.5. The number of ether oxygens (including phenoxy) is 1. The lowest BCUT2D eigenvalue weighted by molar-refractivity contribution is -0.150. The highest BCUT2D eigenvalue weighted by Gasteiger charge is 2.26. The number of amides is 2. The highest BCUT2D eigenvalue weighted by Crippen LogP contribution is 2.19. The zero-order chi connectivity index (χ0) is 24.4. The molecule has 1 atom stereocenters. The van der Waals surface area contributed by atoms with E-state index in [-0.39, 0.29) is 31.0 Å². The molecule has 0 aliphatic heterocycles. The molecule has 7 nitrogen and oxygen atoms in total. The van der Waals surface area contributed by atoms with Gasteiger partial charge in [0.2, 0.25) is 0 Å². The number of carbonyl (C=O) groups is 3. The van der Waals surface area contributed by atoms with Crippen LogP contribution in [0.4, 0.5) is 10.1 Å². The maximum Gasteiger partial charge on any atom is 0.329 e. The Bertz CT molecular complexity index is 1020. The molecule has 2 rings (SSSR count). The summed E-state index contributed by atoms with van der Waals surface area (Å²) >= 11 is 5.84. The molecule has 0 aliphatic carbocycles. The number of anilines is 1. The third kappa shape index (κ3) is 7.88. The third-order valence-corrected chi connectivity index (χ3v) is 4.88. The lowest BCUT2D eigenvalue weighted by atomic mass is 10.0. The topological polar surface area (TPSA) is 99.5 Å². The summed E-state index contributed by atoms with van der Waals surface area (Å²) in [6.07, 6.45) is 0.263. The van der Waals surface area contributed by atoms with Crippen LogP contribution in [0.2, 0.25) is 5.02 Å². The molecule has 0 heterocycles. The predicted octanol–water partition coefficient (Wildman–Crippen LogP) is 4.11. The number of carbonyl (C=O) groups excluding carboxylic acids is 3. The summed E-state index contributed by atoms with van der Waals surface area (Å²) in [4.78, 5) is 39.0. The van der Waals surface area contributed by atoms with Crippen molar-refractivity contribution in [3.05, 3.63) is 64.9 Å². The molecule has 2 aromatic carbocycles. The van der Waals surface area contributed by atoms with Gasteiger partial charge >= 0.3 is 5.97 Å². The van der Waals surface area contributed by atoms with Crippen molar-refractivity contribution in [3.63, 3.8) is 0 Å². The normalized spacial score (nSPS) is 11.4. The van der Waals surface area contributed by atoms with Gasteiger partial charge in [-0.2, -0.15) is 5.26 Å². The van der Waals surface area contributed by atoms with E-state index < -0.39 is 36.2 Å². The van der Waals surface area contributed by atoms with E-state index >= 15 is 0 Å². The number of halogens is 2. The zero-order valence-corrected chi connectivity index (χ0v) is 19.1. The van der Waals surface area contributed by atoms with Crippen molar-refractivity contribution in [1.82, 2.24) is 5.32 Å². The number of para-hydroxylation sites is 1. The van der Waals surface area contributed by atoms with Crippen molar-refractivity contribution >= 4 is 35.1 Å². The van der Waals surface area contributed by atoms with Crippen LogP contribution in [0.3, 0.4) is 0 Å². The second kappa shape index (κ2) is 12.6. The Kier molecular flexibility index (Phi) is 9.83. The van der Waals surface area contributed by atoms with E-state index in [2.05, 4.69) is 5.32 Å². The minimum atomic E-state index is -0.984. The first-order valence-corrected chi connectivity index (χ1v) is 10.8. The van der Waals surface area contributed by atoms with Gasteiger partial charge in [0.05, 0.1) is 18.2 Å². The number of nitriles is 1. The number of rotatable bonds is 10. The zero-order valence-electron chi connectivity index (χ0n) is 18.4. The Morgan fingerprint density at radius 1 is 1.15 bits per heavy atom. The largest absolute Gasteiger partial charge is 0.454 e. The van der Waals surface area contributed by atoms with Crippen molar-refractivity contribution in [3.8, 4) is 6.07 Å². The molecule has 0 bridgehead atoms. The molecule has 0 saturated carbocycles. The van der Waals surface area contributed by atoms with Gasteiger partial charge in [-0.15, -0.1) is 0 Å². The second-order valence-electron chi connectivity index (χ2n) is 7.68. The Morgan fingerprint density at radius 2 is 1.82 bits per heavy atom. The van der Waals surface area contributed by atoms with Gasteiger partial charge in [0.25, 0.3) is 11.8 Å². The van der Waals surface area contributed by atoms with Crippen LogP contribution in [0.1, 0.15) is 37.0 Å². The van der Waals surface area contributed by atoms with Gasteiger partial charge < -0.3 is 15.0 Å². The molecule has 0 fully saturated rings. The lowest BCUT2D eigenvalue weighted by Gasteiger charge is -2.23. The summed E-state index contributed by atoms with van der Waals surface area (Å²) in [6, 6.07) is 12.7. The summed E-state index contributed by atoms with van der Waals surface area (Å²) < 4.78 is 19.4. The first kappa shape index (κ1) is 25.8. The van der Waals surface area contributed by atoms with Gasteiger partial charge in [0, 0.05) is 17.1 Å². The summed E-state index contributed by atoms with van der Waals surface area (Å²) in [5.41, 5.74) is 0.308. The molecule has 33 heavy (non-hydrogen) atoms. The first-order valence-electron chi connectivity index (χ1n) is 10.4. The number of esters is 1. The van der Waals surface area contributed by atoms with Crippen LogP contribution < -0.4 is 10.2 Å². The Balaban J connectivity index is 2.08. The Morgan fingerprint density at radius 3 is 2.42 bits per heavy atom. The fraction of sp³-hybridized carbons (Fsp3) is 0.333. The van der Waals surface area contributed by atoms with Crippen LogP contribution in [0.25, 0.3) is 0 Å². The predicted molar refractivity (Wildman–Crippen MR) is 122 cm³/mol. The molecular formula is C24H25ClFN3O4. The minimum Gasteiger partial charge on any atom is -0.454 e. The highest BCUT2D eigenvalue weighted by molar-refractivity contribution is 6.30. The summed E-state index contributed by atoms with van der Waals surface area (Å²) in [5.74, 6) is -2.54. The van der Waals surface area contributed by atoms with Crippen LogP contribution >= 0.6 is 11.6 Å². The van der Waals surface area contributed by atoms with E-state index in [4.69, 9.17) is 21.6 Å². The summed E-state index contributed by atoms with van der Waals surface area (Å²) in [6.45, 7) is 3.03. The molecule has 0 aromatic heterocycles. The van der Waals surface area contributed by atoms with Crippen LogP contribution in [0.5, 0.6) is 0 Å². The molecule has 0 radical (unpaired) electrons. The molecule has 2 aromatic rings. The summed E-state index contributed by atoms with van der Waals surface area (Å²) in [7, 11) is 0. The van der Waals surface area contributed by atoms with Gasteiger partial charge in [-0.25, -0.2) is 9.18 Å². The molecule has 1 unspecified atom stereocenters. The molecular weight excluding hydrogens is 449 g/mol. The van der Waals surface area contributed by atoms with E-state index in [1.807, 2.05) is 19.9 Å². The van der Waals surface area contributed by atoms with Crippen molar-refractivity contribution in [1.29, 1.82) is 5.26 Å². The molecule has 0 spiro atoms. The van der Waals surface area contributed by atoms with E-state index in [0.29, 0.717) is 10.6 Å². The number of benzene rings is 2. The quantitative estimate of drug-likeness (QED) is 0.523. The van der Waals surface area contributed by atoms with Crippen LogP contribution in [-0.4, -0.2) is 37.0 Å². The molecule has 0 aliphatic rings. The van der Waals surface area contributed by atoms with E-state index in [9.17, 15) is 18.8 Å². The molecule has 174 valence electrons. The Labute approximate surface area is 197 Å². The average molecular weight is 474 g/mol. The number of nitrogens with zero attached hydrogens (tertiary/aromatic N) is 2. The molecule has 9 heteroatoms. The maximum absolute atomic E-state index is 14.2. The van der Waals surface area contributed by atoms with Gasteiger partial charge in [-0.3, -0.25) is 9.59 Å². The first-order chi connectivity index (χ1) is 15.7. The molecule has 2 amide bonds. The summed E-state index contributed by atoms with van der Waals surface area (Å²) in [5, 5.41) is 12.0. The monoisotopic (exact) mass is 473 g/mol. The fourth-order valence-corrected chi connectivity index (χ4v) is 3.18. The lowest BCUT2D eigenvalue weighted by Crippen LogP contribution is -2.44. The van der Waals surface area contributed by atoms with E-state index in [1.165, 1.54) is 30.3 Å². The SMILES string of the molecule is CC(C)CC(NC(=O)c1ccc(Cl)cc1)C(=O)OCC(=O)N(CCC#N)c1ccccc1F. The van der Waals surface area contributed by atoms with Crippen molar-refractivity contribution in [2.45, 2.75) is 32.7 Å². The van der Waals surface area contributed by atoms with Crippen LogP contribution in [0, 0.1) is 23.1 Å². The fourth-order valence-electron chi connectivity index (χ4n) is 3.05. The van der Waals surface area contributed by atoms with Gasteiger partial charge in [-0.1, -0.05) is 37.6 Å². The Hall–Kier alpha value is -3.44. The molecule has 1 N–H and O–H groups in total. The van der Waals surface area contributed by atoms with Gasteiger partial charge in [0.1, 0.15) is 11.9 Å². The third-order valence-electron chi connectivity index (χ3n) is 4.63. The van der Waals surface area contributed by atoms with Crippen molar-refractivity contribution in [2.75, 3.05) is 18.1 Å². The van der Waals surface area contributed by atoms with Crippen LogP contribution in [-0.2, 0) is 14.3 Å². The molecule has 0 saturated heterocycles. The van der Waals surface area contributed by atoms with Crippen molar-refractivity contribution < 1.29 is 23.5 Å². The van der Waals surface area contributed by atoms with E-state index in [1.54, 1.807) is 18.2 Å². The van der Waals surface area contributed by atoms with Gasteiger partial charge in [-0.05, 0) is 48.7 Å². The standard InChI is InChI=1S/C24H25ClFN3O4/c1-16(2)14-20(28-23(31)17-8-10-18(25)11-9-17)24(32)33-15-22(30)29(13-5-12-27)21-7-4-3-6-19(21)26/h3-4,6-11,16,20H,5,13-15H2,1-2H3,(H,28,31). The van der Waals surface area contributed by atoms with E-state index in [0.717, 1.165) is 4.90 Å². The van der Waals surface area contributed by atoms with Crippen LogP contribution in [0.15, 0.2) is 48.5 Å². The number of nitrogens with one attached hydrogen (secondary N) is 1. The second-order valence-corrected chi connectivity index (χ2v) is 8.11. The van der Waals surface area contributed by atoms with Gasteiger partial charge in [0.15, 0.2) is 6.61 Å². The minimum absolute atomic E-state index is 0.0106. The maximum atomic E-state index is 14.2. The van der Waals surface area contributed by atoms with Crippen molar-refractivity contribution in [2.24, 2.45) is 5.92 Å². The smallest absolute Gasteiger partial charge is 0.329 e. The number of hydrogen-bond acceptors (Lipinski definition) is 5.